The third-order valence-corrected chi connectivity index (χ3v) is 3.81. The number of benzene rings is 2. The summed E-state index contributed by atoms with van der Waals surface area (Å²) in [6, 6.07) is 12.2. The molecule has 4 nitrogen and oxygen atoms in total. The normalized spacial score (nSPS) is 11.9. The van der Waals surface area contributed by atoms with E-state index >= 15 is 0 Å². The van der Waals surface area contributed by atoms with Gasteiger partial charge < -0.3 is 15.4 Å². The van der Waals surface area contributed by atoms with Crippen LogP contribution in [0, 0.1) is 13.8 Å². The van der Waals surface area contributed by atoms with E-state index in [4.69, 9.17) is 4.74 Å². The molecule has 2 amide bonds. The van der Waals surface area contributed by atoms with E-state index in [-0.39, 0.29) is 12.1 Å². The van der Waals surface area contributed by atoms with Crippen LogP contribution in [0.1, 0.15) is 29.7 Å². The first-order chi connectivity index (χ1) is 11.9. The van der Waals surface area contributed by atoms with Gasteiger partial charge in [-0.05, 0) is 43.5 Å². The molecule has 0 aromatic heterocycles. The summed E-state index contributed by atoms with van der Waals surface area (Å²) in [5, 5.41) is 5.56. The molecule has 1 atom stereocenters. The van der Waals surface area contributed by atoms with Gasteiger partial charge in [-0.2, -0.15) is 0 Å². The Labute approximate surface area is 146 Å². The highest BCUT2D eigenvalue weighted by Gasteiger charge is 2.12. The number of rotatable bonds is 6. The van der Waals surface area contributed by atoms with E-state index in [1.54, 1.807) is 19.1 Å². The van der Waals surface area contributed by atoms with Gasteiger partial charge in [-0.15, -0.1) is 0 Å². The molecule has 134 valence electrons. The summed E-state index contributed by atoms with van der Waals surface area (Å²) >= 11 is 0. The van der Waals surface area contributed by atoms with Crippen molar-refractivity contribution >= 4 is 11.7 Å². The van der Waals surface area contributed by atoms with Gasteiger partial charge in [-0.25, -0.2) is 13.6 Å². The molecule has 0 saturated heterocycles. The Hall–Kier alpha value is -2.63. The Morgan fingerprint density at radius 2 is 1.84 bits per heavy atom. The summed E-state index contributed by atoms with van der Waals surface area (Å²) in [4.78, 5) is 12.2. The number of carbonyl (C=O) groups is 1. The topological polar surface area (TPSA) is 50.4 Å². The average Bonchev–Trinajstić information content (AvgIpc) is 2.55. The molecule has 1 unspecified atom stereocenters. The maximum atomic E-state index is 12.3. The van der Waals surface area contributed by atoms with E-state index in [1.165, 1.54) is 6.07 Å². The number of aryl methyl sites for hydroxylation is 2. The van der Waals surface area contributed by atoms with Crippen molar-refractivity contribution in [2.24, 2.45) is 0 Å². The van der Waals surface area contributed by atoms with Crippen LogP contribution in [0.4, 0.5) is 19.3 Å². The average molecular weight is 348 g/mol. The Kier molecular flexibility index (Phi) is 6.33. The van der Waals surface area contributed by atoms with Crippen molar-refractivity contribution in [1.29, 1.82) is 0 Å². The Morgan fingerprint density at radius 1 is 1.12 bits per heavy atom. The van der Waals surface area contributed by atoms with Crippen molar-refractivity contribution in [2.75, 3.05) is 11.9 Å². The van der Waals surface area contributed by atoms with Gasteiger partial charge in [-0.3, -0.25) is 0 Å². The maximum Gasteiger partial charge on any atom is 0.319 e. The van der Waals surface area contributed by atoms with Crippen LogP contribution in [0.15, 0.2) is 42.5 Å². The molecule has 0 aliphatic heterocycles. The molecular weight excluding hydrogens is 326 g/mol. The molecule has 0 aliphatic rings. The highest BCUT2D eigenvalue weighted by atomic mass is 19.3. The maximum absolute atomic E-state index is 12.3. The monoisotopic (exact) mass is 348 g/mol. The van der Waals surface area contributed by atoms with Gasteiger partial charge in [-0.1, -0.05) is 30.3 Å². The first-order valence-corrected chi connectivity index (χ1v) is 8.01. The largest absolute Gasteiger partial charge is 0.487 e. The summed E-state index contributed by atoms with van der Waals surface area (Å²) in [7, 11) is 0. The van der Waals surface area contributed by atoms with Gasteiger partial charge in [0, 0.05) is 11.8 Å². The lowest BCUT2D eigenvalue weighted by atomic mass is 10.0. The van der Waals surface area contributed by atoms with E-state index in [1.807, 2.05) is 38.1 Å². The SMILES string of the molecule is Cc1ccc(NC(=O)NC(C)c2ccccc2C)cc1OCC(F)F. The number of hydrogen-bond acceptors (Lipinski definition) is 2. The summed E-state index contributed by atoms with van der Waals surface area (Å²) in [5.41, 5.74) is 3.32. The van der Waals surface area contributed by atoms with Crippen LogP contribution in [0.25, 0.3) is 0 Å². The number of hydrogen-bond donors (Lipinski definition) is 2. The fourth-order valence-corrected chi connectivity index (χ4v) is 2.50. The quantitative estimate of drug-likeness (QED) is 0.785. The predicted octanol–water partition coefficient (Wildman–Crippen LogP) is 4.83. The molecule has 0 fully saturated rings. The second-order valence-electron chi connectivity index (χ2n) is 5.86. The number of carbonyl (C=O) groups excluding carboxylic acids is 1. The summed E-state index contributed by atoms with van der Waals surface area (Å²) < 4.78 is 29.7. The summed E-state index contributed by atoms with van der Waals surface area (Å²) in [6.45, 7) is 4.96. The van der Waals surface area contributed by atoms with Crippen LogP contribution in [0.2, 0.25) is 0 Å². The highest BCUT2D eigenvalue weighted by molar-refractivity contribution is 5.89. The molecular formula is C19H22F2N2O2. The van der Waals surface area contributed by atoms with Gasteiger partial charge in [0.15, 0.2) is 0 Å². The van der Waals surface area contributed by atoms with Crippen molar-refractivity contribution in [3.8, 4) is 5.75 Å². The van der Waals surface area contributed by atoms with Gasteiger partial charge in [0.05, 0.1) is 6.04 Å². The third kappa shape index (κ3) is 5.45. The van der Waals surface area contributed by atoms with Crippen molar-refractivity contribution in [2.45, 2.75) is 33.2 Å². The van der Waals surface area contributed by atoms with Crippen LogP contribution in [-0.4, -0.2) is 19.1 Å². The predicted molar refractivity (Wildman–Crippen MR) is 94.4 cm³/mol. The molecule has 0 heterocycles. The third-order valence-electron chi connectivity index (χ3n) is 3.81. The first kappa shape index (κ1) is 18.7. The van der Waals surface area contributed by atoms with E-state index in [2.05, 4.69) is 10.6 Å². The second kappa shape index (κ2) is 8.46. The zero-order chi connectivity index (χ0) is 18.4. The fraction of sp³-hybridized carbons (Fsp3) is 0.316. The minimum Gasteiger partial charge on any atom is -0.487 e. The molecule has 0 aliphatic carbocycles. The fourth-order valence-electron chi connectivity index (χ4n) is 2.50. The van der Waals surface area contributed by atoms with Crippen LogP contribution < -0.4 is 15.4 Å². The molecule has 25 heavy (non-hydrogen) atoms. The Bertz CT molecular complexity index is 735. The zero-order valence-electron chi connectivity index (χ0n) is 14.5. The highest BCUT2D eigenvalue weighted by Crippen LogP contribution is 2.23. The van der Waals surface area contributed by atoms with E-state index in [9.17, 15) is 13.6 Å². The van der Waals surface area contributed by atoms with Gasteiger partial charge >= 0.3 is 6.03 Å². The number of ether oxygens (including phenoxy) is 1. The molecule has 0 radical (unpaired) electrons. The van der Waals surface area contributed by atoms with Crippen LogP contribution >= 0.6 is 0 Å². The molecule has 2 aromatic carbocycles. The van der Waals surface area contributed by atoms with Crippen LogP contribution in [0.3, 0.4) is 0 Å². The standard InChI is InChI=1S/C19H22F2N2O2/c1-12-6-4-5-7-16(12)14(3)22-19(24)23-15-9-8-13(2)17(10-15)25-11-18(20)21/h4-10,14,18H,11H2,1-3H3,(H2,22,23,24). The van der Waals surface area contributed by atoms with E-state index in [0.717, 1.165) is 16.7 Å². The molecule has 2 aromatic rings. The molecule has 0 spiro atoms. The lowest BCUT2D eigenvalue weighted by Gasteiger charge is -2.17. The van der Waals surface area contributed by atoms with E-state index < -0.39 is 13.0 Å². The molecule has 0 bridgehead atoms. The molecule has 0 saturated carbocycles. The van der Waals surface area contributed by atoms with Crippen molar-refractivity contribution in [1.82, 2.24) is 5.32 Å². The number of amides is 2. The number of anilines is 1. The lowest BCUT2D eigenvalue weighted by Crippen LogP contribution is -2.31. The van der Waals surface area contributed by atoms with Gasteiger partial charge in [0.25, 0.3) is 6.43 Å². The zero-order valence-corrected chi connectivity index (χ0v) is 14.5. The first-order valence-electron chi connectivity index (χ1n) is 8.01. The minimum absolute atomic E-state index is 0.166. The lowest BCUT2D eigenvalue weighted by molar-refractivity contribution is 0.0816. The smallest absolute Gasteiger partial charge is 0.319 e. The summed E-state index contributed by atoms with van der Waals surface area (Å²) in [5.74, 6) is 0.324. The van der Waals surface area contributed by atoms with Gasteiger partial charge in [0.1, 0.15) is 12.4 Å². The van der Waals surface area contributed by atoms with Gasteiger partial charge in [0.2, 0.25) is 0 Å². The van der Waals surface area contributed by atoms with Crippen molar-refractivity contribution in [3.63, 3.8) is 0 Å². The molecule has 2 rings (SSSR count). The van der Waals surface area contributed by atoms with Crippen LogP contribution in [0.5, 0.6) is 5.75 Å². The number of halogens is 2. The van der Waals surface area contributed by atoms with Crippen molar-refractivity contribution in [3.05, 3.63) is 59.2 Å². The second-order valence-corrected chi connectivity index (χ2v) is 5.86. The van der Waals surface area contributed by atoms with Crippen molar-refractivity contribution < 1.29 is 18.3 Å². The summed E-state index contributed by atoms with van der Waals surface area (Å²) in [6.07, 6.45) is -2.55. The Morgan fingerprint density at radius 3 is 2.52 bits per heavy atom. The van der Waals surface area contributed by atoms with Crippen LogP contribution in [-0.2, 0) is 0 Å². The van der Waals surface area contributed by atoms with E-state index in [0.29, 0.717) is 11.4 Å². The number of nitrogens with one attached hydrogen (secondary N) is 2. The molecule has 6 heteroatoms. The molecule has 2 N–H and O–H groups in total. The Balaban J connectivity index is 2.00. The minimum atomic E-state index is -2.55. The number of urea groups is 1. The number of alkyl halides is 2.